The first-order valence-corrected chi connectivity index (χ1v) is 11.7. The number of carbonyl (C=O) groups is 3. The molecule has 2 aromatic rings. The summed E-state index contributed by atoms with van der Waals surface area (Å²) in [6, 6.07) is 17.4. The molecule has 0 aliphatic carbocycles. The molecule has 2 fully saturated rings. The van der Waals surface area contributed by atoms with Gasteiger partial charge in [-0.05, 0) is 43.4 Å². The predicted molar refractivity (Wildman–Crippen MR) is 124 cm³/mol. The van der Waals surface area contributed by atoms with Crippen LogP contribution in [-0.4, -0.2) is 53.9 Å². The highest BCUT2D eigenvalue weighted by atomic mass is 16.5. The van der Waals surface area contributed by atoms with Crippen LogP contribution in [0.4, 0.5) is 0 Å². The van der Waals surface area contributed by atoms with Crippen molar-refractivity contribution in [3.8, 4) is 0 Å². The topological polar surface area (TPSA) is 87.7 Å². The fourth-order valence-corrected chi connectivity index (χ4v) is 4.54. The Balaban J connectivity index is 1.43. The number of hydrogen-bond acceptors (Lipinski definition) is 5. The van der Waals surface area contributed by atoms with Crippen LogP contribution in [0.2, 0.25) is 0 Å². The maximum absolute atomic E-state index is 13.2. The lowest BCUT2D eigenvalue weighted by atomic mass is 10.0. The van der Waals surface area contributed by atoms with E-state index in [2.05, 4.69) is 10.6 Å². The van der Waals surface area contributed by atoms with Crippen LogP contribution >= 0.6 is 0 Å². The molecule has 2 aliphatic rings. The SMILES string of the molecule is O=C(OCc1ccccc1)[C@H](Cc1ccccc1)NC(=O)[C@@H]1CCCN1C(=O)[C@@H]1CCCN1. The summed E-state index contributed by atoms with van der Waals surface area (Å²) in [5.74, 6) is -0.794. The van der Waals surface area contributed by atoms with Crippen LogP contribution in [0.3, 0.4) is 0 Å². The van der Waals surface area contributed by atoms with Crippen LogP contribution in [0.1, 0.15) is 36.8 Å². The predicted octanol–water partition coefficient (Wildman–Crippen LogP) is 2.20. The summed E-state index contributed by atoms with van der Waals surface area (Å²) in [6.45, 7) is 1.53. The summed E-state index contributed by atoms with van der Waals surface area (Å²) in [5.41, 5.74) is 1.81. The van der Waals surface area contributed by atoms with Gasteiger partial charge in [0.15, 0.2) is 0 Å². The molecule has 3 atom stereocenters. The number of carbonyl (C=O) groups excluding carboxylic acids is 3. The number of nitrogens with zero attached hydrogens (tertiary/aromatic N) is 1. The van der Waals surface area contributed by atoms with Gasteiger partial charge in [-0.15, -0.1) is 0 Å². The summed E-state index contributed by atoms with van der Waals surface area (Å²) in [4.78, 5) is 40.8. The Morgan fingerprint density at radius 1 is 0.970 bits per heavy atom. The molecule has 7 nitrogen and oxygen atoms in total. The highest BCUT2D eigenvalue weighted by Gasteiger charge is 2.39. The molecule has 0 bridgehead atoms. The second-order valence-electron chi connectivity index (χ2n) is 8.68. The molecule has 0 saturated carbocycles. The van der Waals surface area contributed by atoms with E-state index in [9.17, 15) is 14.4 Å². The van der Waals surface area contributed by atoms with E-state index in [4.69, 9.17) is 4.74 Å². The third-order valence-electron chi connectivity index (χ3n) is 6.30. The third kappa shape index (κ3) is 5.99. The Morgan fingerprint density at radius 3 is 2.33 bits per heavy atom. The van der Waals surface area contributed by atoms with E-state index in [0.717, 1.165) is 36.9 Å². The van der Waals surface area contributed by atoms with Gasteiger partial charge in [-0.25, -0.2) is 4.79 Å². The molecule has 33 heavy (non-hydrogen) atoms. The van der Waals surface area contributed by atoms with Crippen molar-refractivity contribution in [2.75, 3.05) is 13.1 Å². The lowest BCUT2D eigenvalue weighted by Crippen LogP contribution is -2.54. The number of nitrogens with one attached hydrogen (secondary N) is 2. The zero-order valence-electron chi connectivity index (χ0n) is 18.7. The zero-order chi connectivity index (χ0) is 23.0. The number of ether oxygens (including phenoxy) is 1. The van der Waals surface area contributed by atoms with Crippen LogP contribution in [0, 0.1) is 0 Å². The molecular formula is C26H31N3O4. The Morgan fingerprint density at radius 2 is 1.67 bits per heavy atom. The van der Waals surface area contributed by atoms with Crippen LogP contribution < -0.4 is 10.6 Å². The fourth-order valence-electron chi connectivity index (χ4n) is 4.54. The van der Waals surface area contributed by atoms with Crippen molar-refractivity contribution in [2.45, 2.75) is 56.8 Å². The number of esters is 1. The van der Waals surface area contributed by atoms with Gasteiger partial charge in [0.2, 0.25) is 11.8 Å². The summed E-state index contributed by atoms with van der Waals surface area (Å²) >= 11 is 0. The molecular weight excluding hydrogens is 418 g/mol. The van der Waals surface area contributed by atoms with Gasteiger partial charge in [0.05, 0.1) is 6.04 Å². The van der Waals surface area contributed by atoms with Crippen LogP contribution in [0.15, 0.2) is 60.7 Å². The van der Waals surface area contributed by atoms with Gasteiger partial charge in [0.25, 0.3) is 0 Å². The molecule has 2 saturated heterocycles. The highest BCUT2D eigenvalue weighted by molar-refractivity contribution is 5.92. The minimum Gasteiger partial charge on any atom is -0.459 e. The average Bonchev–Trinajstić information content (AvgIpc) is 3.56. The average molecular weight is 450 g/mol. The molecule has 2 N–H and O–H groups in total. The number of hydrogen-bond donors (Lipinski definition) is 2. The summed E-state index contributed by atoms with van der Waals surface area (Å²) in [7, 11) is 0. The maximum Gasteiger partial charge on any atom is 0.329 e. The molecule has 0 aromatic heterocycles. The number of amides is 2. The highest BCUT2D eigenvalue weighted by Crippen LogP contribution is 2.21. The number of benzene rings is 2. The molecule has 0 spiro atoms. The van der Waals surface area contributed by atoms with Crippen LogP contribution in [0.5, 0.6) is 0 Å². The monoisotopic (exact) mass is 449 g/mol. The second kappa shape index (κ2) is 11.1. The molecule has 174 valence electrons. The number of likely N-dealkylation sites (tertiary alicyclic amines) is 1. The van der Waals surface area contributed by atoms with Gasteiger partial charge >= 0.3 is 5.97 Å². The molecule has 2 aromatic carbocycles. The number of rotatable bonds is 8. The minimum absolute atomic E-state index is 0.0172. The van der Waals surface area contributed by atoms with Crippen molar-refractivity contribution < 1.29 is 19.1 Å². The molecule has 2 amide bonds. The van der Waals surface area contributed by atoms with Crippen molar-refractivity contribution >= 4 is 17.8 Å². The molecule has 4 rings (SSSR count). The van der Waals surface area contributed by atoms with Gasteiger partial charge in [-0.2, -0.15) is 0 Å². The van der Waals surface area contributed by atoms with E-state index < -0.39 is 18.1 Å². The van der Waals surface area contributed by atoms with Crippen LogP contribution in [-0.2, 0) is 32.1 Å². The lowest BCUT2D eigenvalue weighted by molar-refractivity contribution is -0.150. The van der Waals surface area contributed by atoms with Gasteiger partial charge in [-0.3, -0.25) is 9.59 Å². The fraction of sp³-hybridized carbons (Fsp3) is 0.423. The van der Waals surface area contributed by atoms with E-state index in [1.165, 1.54) is 0 Å². The van der Waals surface area contributed by atoms with Crippen molar-refractivity contribution in [2.24, 2.45) is 0 Å². The Bertz CT molecular complexity index is 945. The lowest BCUT2D eigenvalue weighted by Gasteiger charge is -2.28. The smallest absolute Gasteiger partial charge is 0.329 e. The van der Waals surface area contributed by atoms with Crippen molar-refractivity contribution in [1.82, 2.24) is 15.5 Å². The Kier molecular flexibility index (Phi) is 7.73. The van der Waals surface area contributed by atoms with Gasteiger partial charge in [0, 0.05) is 13.0 Å². The van der Waals surface area contributed by atoms with E-state index in [0.29, 0.717) is 19.4 Å². The van der Waals surface area contributed by atoms with Gasteiger partial charge in [-0.1, -0.05) is 60.7 Å². The Labute approximate surface area is 194 Å². The molecule has 0 radical (unpaired) electrons. The third-order valence-corrected chi connectivity index (χ3v) is 6.30. The normalized spacial score (nSPS) is 20.9. The first-order chi connectivity index (χ1) is 16.1. The zero-order valence-corrected chi connectivity index (χ0v) is 18.7. The molecule has 2 aliphatic heterocycles. The van der Waals surface area contributed by atoms with Crippen LogP contribution in [0.25, 0.3) is 0 Å². The molecule has 0 unspecified atom stereocenters. The second-order valence-corrected chi connectivity index (χ2v) is 8.68. The largest absolute Gasteiger partial charge is 0.459 e. The van der Waals surface area contributed by atoms with E-state index in [1.807, 2.05) is 60.7 Å². The van der Waals surface area contributed by atoms with Crippen molar-refractivity contribution in [3.05, 3.63) is 71.8 Å². The summed E-state index contributed by atoms with van der Waals surface area (Å²) < 4.78 is 5.54. The standard InChI is InChI=1S/C26H31N3O4/c30-24(23-14-8-16-29(23)25(31)21-13-7-15-27-21)28-22(17-19-9-3-1-4-10-19)26(32)33-18-20-11-5-2-6-12-20/h1-6,9-12,21-23,27H,7-8,13-18H2,(H,28,30)/t21-,22-,23-/m0/s1. The van der Waals surface area contributed by atoms with Gasteiger partial charge < -0.3 is 20.3 Å². The van der Waals surface area contributed by atoms with Crippen molar-refractivity contribution in [1.29, 1.82) is 0 Å². The summed E-state index contributed by atoms with van der Waals surface area (Å²) in [5, 5.41) is 6.11. The quantitative estimate of drug-likeness (QED) is 0.604. The molecule has 2 heterocycles. The first kappa shape index (κ1) is 23.0. The maximum atomic E-state index is 13.2. The first-order valence-electron chi connectivity index (χ1n) is 11.7. The van der Waals surface area contributed by atoms with Gasteiger partial charge in [0.1, 0.15) is 18.7 Å². The van der Waals surface area contributed by atoms with E-state index in [-0.39, 0.29) is 24.5 Å². The Hall–Kier alpha value is -3.19. The van der Waals surface area contributed by atoms with E-state index in [1.54, 1.807) is 4.90 Å². The minimum atomic E-state index is -0.828. The van der Waals surface area contributed by atoms with Crippen molar-refractivity contribution in [3.63, 3.8) is 0 Å². The summed E-state index contributed by atoms with van der Waals surface area (Å²) in [6.07, 6.45) is 3.46. The molecule has 7 heteroatoms. The van der Waals surface area contributed by atoms with E-state index >= 15 is 0 Å².